The maximum Gasteiger partial charge on any atom is 0.252 e. The number of halogens is 2. The van der Waals surface area contributed by atoms with Crippen LogP contribution in [0, 0.1) is 8.99 Å². The van der Waals surface area contributed by atoms with Crippen molar-refractivity contribution in [1.29, 1.82) is 0 Å². The molecule has 2 nitrogen and oxygen atoms in total. The summed E-state index contributed by atoms with van der Waals surface area (Å²) in [5, 5.41) is 3.96. The van der Waals surface area contributed by atoms with Crippen molar-refractivity contribution >= 4 is 44.4 Å². The molecule has 1 rings (SSSR count). The van der Waals surface area contributed by atoms with Gasteiger partial charge >= 0.3 is 0 Å². The minimum Gasteiger partial charge on any atom is -0.351 e. The van der Waals surface area contributed by atoms with Crippen molar-refractivity contribution in [1.82, 2.24) is 5.32 Å². The second-order valence-corrected chi connectivity index (χ2v) is 6.72. The van der Waals surface area contributed by atoms with E-state index in [1.54, 1.807) is 0 Å². The van der Waals surface area contributed by atoms with Crippen LogP contribution in [0.1, 0.15) is 30.6 Å². The molecular formula is C13H17BrINO. The molecule has 94 valence electrons. The molecule has 1 aromatic rings. The average Bonchev–Trinajstić information content (AvgIpc) is 2.27. The summed E-state index contributed by atoms with van der Waals surface area (Å²) in [6, 6.07) is 7.63. The lowest BCUT2D eigenvalue weighted by Crippen LogP contribution is -2.34. The Labute approximate surface area is 125 Å². The molecule has 0 atom stereocenters. The van der Waals surface area contributed by atoms with Crippen LogP contribution in [0.2, 0.25) is 0 Å². The second-order valence-electron chi connectivity index (χ2n) is 4.77. The summed E-state index contributed by atoms with van der Waals surface area (Å²) in [4.78, 5) is 12.0. The number of benzene rings is 1. The average molecular weight is 410 g/mol. The van der Waals surface area contributed by atoms with E-state index >= 15 is 0 Å². The van der Waals surface area contributed by atoms with E-state index in [0.29, 0.717) is 6.54 Å². The van der Waals surface area contributed by atoms with Crippen molar-refractivity contribution in [2.24, 2.45) is 5.41 Å². The molecule has 4 heteroatoms. The number of nitrogens with one attached hydrogen (secondary N) is 1. The zero-order valence-corrected chi connectivity index (χ0v) is 13.8. The van der Waals surface area contributed by atoms with E-state index in [2.05, 4.69) is 57.7 Å². The van der Waals surface area contributed by atoms with Gasteiger partial charge in [-0.3, -0.25) is 4.79 Å². The minimum absolute atomic E-state index is 0.0117. The van der Waals surface area contributed by atoms with Gasteiger partial charge in [0.1, 0.15) is 0 Å². The Kier molecular flexibility index (Phi) is 5.92. The first kappa shape index (κ1) is 15.0. The van der Waals surface area contributed by atoms with Crippen LogP contribution >= 0.6 is 38.5 Å². The van der Waals surface area contributed by atoms with Crippen LogP contribution in [0.5, 0.6) is 0 Å². The molecule has 0 heterocycles. The standard InChI is InChI=1S/C13H17BrINO/c1-13(2,7-8-14)9-16-12(17)10-5-3-4-6-11(10)15/h3-6H,7-9H2,1-2H3,(H,16,17). The highest BCUT2D eigenvalue weighted by Gasteiger charge is 2.18. The Morgan fingerprint density at radius 1 is 1.41 bits per heavy atom. The molecule has 1 amide bonds. The molecule has 0 radical (unpaired) electrons. The minimum atomic E-state index is 0.0117. The van der Waals surface area contributed by atoms with Crippen LogP contribution in [0.15, 0.2) is 24.3 Å². The molecule has 1 aromatic carbocycles. The van der Waals surface area contributed by atoms with Crippen molar-refractivity contribution in [2.75, 3.05) is 11.9 Å². The molecule has 0 aliphatic carbocycles. The maximum atomic E-state index is 12.0. The van der Waals surface area contributed by atoms with E-state index < -0.39 is 0 Å². The lowest BCUT2D eigenvalue weighted by molar-refractivity contribution is 0.0935. The number of rotatable bonds is 5. The summed E-state index contributed by atoms with van der Waals surface area (Å²) in [5.74, 6) is 0.0117. The lowest BCUT2D eigenvalue weighted by Gasteiger charge is -2.24. The number of carbonyl (C=O) groups excluding carboxylic acids is 1. The van der Waals surface area contributed by atoms with Gasteiger partial charge in [-0.15, -0.1) is 0 Å². The smallest absolute Gasteiger partial charge is 0.252 e. The Balaban J connectivity index is 2.59. The zero-order chi connectivity index (χ0) is 12.9. The number of amides is 1. The predicted octanol–water partition coefficient (Wildman–Crippen LogP) is 3.83. The van der Waals surface area contributed by atoms with Crippen LogP contribution < -0.4 is 5.32 Å². The monoisotopic (exact) mass is 409 g/mol. The normalized spacial score (nSPS) is 11.3. The van der Waals surface area contributed by atoms with Crippen molar-refractivity contribution < 1.29 is 4.79 Å². The van der Waals surface area contributed by atoms with Gasteiger partial charge in [0.2, 0.25) is 0 Å². The molecule has 0 bridgehead atoms. The van der Waals surface area contributed by atoms with Gasteiger partial charge in [0.15, 0.2) is 0 Å². The van der Waals surface area contributed by atoms with Gasteiger partial charge in [0.05, 0.1) is 5.56 Å². The molecule has 0 aliphatic rings. The van der Waals surface area contributed by atoms with Crippen LogP contribution in [-0.2, 0) is 0 Å². The quantitative estimate of drug-likeness (QED) is 0.581. The van der Waals surface area contributed by atoms with Crippen molar-refractivity contribution in [2.45, 2.75) is 20.3 Å². The third-order valence-corrected chi connectivity index (χ3v) is 3.95. The highest BCUT2D eigenvalue weighted by atomic mass is 127. The van der Waals surface area contributed by atoms with E-state index in [1.165, 1.54) is 0 Å². The molecular weight excluding hydrogens is 393 g/mol. The van der Waals surface area contributed by atoms with Gasteiger partial charge in [-0.1, -0.05) is 41.9 Å². The Morgan fingerprint density at radius 3 is 2.65 bits per heavy atom. The summed E-state index contributed by atoms with van der Waals surface area (Å²) >= 11 is 5.62. The number of hydrogen-bond acceptors (Lipinski definition) is 1. The summed E-state index contributed by atoms with van der Waals surface area (Å²) in [6.45, 7) is 5.01. The van der Waals surface area contributed by atoms with Crippen molar-refractivity contribution in [3.63, 3.8) is 0 Å². The first-order valence-electron chi connectivity index (χ1n) is 5.55. The van der Waals surface area contributed by atoms with E-state index in [1.807, 2.05) is 24.3 Å². The maximum absolute atomic E-state index is 12.0. The van der Waals surface area contributed by atoms with Gasteiger partial charge in [-0.25, -0.2) is 0 Å². The van der Waals surface area contributed by atoms with E-state index in [4.69, 9.17) is 0 Å². The third kappa shape index (κ3) is 4.95. The number of hydrogen-bond donors (Lipinski definition) is 1. The van der Waals surface area contributed by atoms with Gasteiger partial charge in [-0.2, -0.15) is 0 Å². The first-order chi connectivity index (χ1) is 7.96. The van der Waals surface area contributed by atoms with Crippen molar-refractivity contribution in [3.05, 3.63) is 33.4 Å². The Hall–Kier alpha value is -0.100. The molecule has 0 fully saturated rings. The summed E-state index contributed by atoms with van der Waals surface area (Å²) in [6.07, 6.45) is 1.04. The van der Waals surface area contributed by atoms with Crippen LogP contribution in [0.4, 0.5) is 0 Å². The van der Waals surface area contributed by atoms with Crippen LogP contribution in [0.3, 0.4) is 0 Å². The van der Waals surface area contributed by atoms with E-state index in [9.17, 15) is 4.79 Å². The number of carbonyl (C=O) groups is 1. The summed E-state index contributed by atoms with van der Waals surface area (Å²) in [5.41, 5.74) is 0.877. The predicted molar refractivity (Wildman–Crippen MR) is 83.7 cm³/mol. The fraction of sp³-hybridized carbons (Fsp3) is 0.462. The van der Waals surface area contributed by atoms with Gasteiger partial charge < -0.3 is 5.32 Å². The first-order valence-corrected chi connectivity index (χ1v) is 7.75. The van der Waals surface area contributed by atoms with Gasteiger partial charge in [0.25, 0.3) is 5.91 Å². The topological polar surface area (TPSA) is 29.1 Å². The fourth-order valence-electron chi connectivity index (χ4n) is 1.40. The molecule has 0 spiro atoms. The highest BCUT2D eigenvalue weighted by molar-refractivity contribution is 14.1. The van der Waals surface area contributed by atoms with E-state index in [0.717, 1.165) is 20.9 Å². The molecule has 17 heavy (non-hydrogen) atoms. The zero-order valence-electron chi connectivity index (χ0n) is 10.1. The molecule has 0 saturated heterocycles. The Bertz CT molecular complexity index is 393. The summed E-state index contributed by atoms with van der Waals surface area (Å²) in [7, 11) is 0. The third-order valence-electron chi connectivity index (χ3n) is 2.62. The SMILES string of the molecule is CC(C)(CCBr)CNC(=O)c1ccccc1I. The van der Waals surface area contributed by atoms with Gasteiger partial charge in [-0.05, 0) is 46.6 Å². The fourth-order valence-corrected chi connectivity index (χ4v) is 3.11. The van der Waals surface area contributed by atoms with Crippen LogP contribution in [0.25, 0.3) is 0 Å². The largest absolute Gasteiger partial charge is 0.351 e. The lowest BCUT2D eigenvalue weighted by atomic mass is 9.90. The molecule has 0 unspecified atom stereocenters. The summed E-state index contributed by atoms with van der Waals surface area (Å²) < 4.78 is 0.987. The second kappa shape index (κ2) is 6.73. The number of alkyl halides is 1. The van der Waals surface area contributed by atoms with Crippen molar-refractivity contribution in [3.8, 4) is 0 Å². The molecule has 0 aromatic heterocycles. The molecule has 1 N–H and O–H groups in total. The van der Waals surface area contributed by atoms with Crippen LogP contribution in [-0.4, -0.2) is 17.8 Å². The Morgan fingerprint density at radius 2 is 2.06 bits per heavy atom. The molecule has 0 saturated carbocycles. The van der Waals surface area contributed by atoms with E-state index in [-0.39, 0.29) is 11.3 Å². The van der Waals surface area contributed by atoms with Gasteiger partial charge in [0, 0.05) is 15.4 Å². The highest BCUT2D eigenvalue weighted by Crippen LogP contribution is 2.20. The molecule has 0 aliphatic heterocycles.